The Kier molecular flexibility index (Phi) is 5.48. The van der Waals surface area contributed by atoms with Crippen LogP contribution in [0.5, 0.6) is 11.5 Å². The van der Waals surface area contributed by atoms with Gasteiger partial charge in [-0.3, -0.25) is 4.79 Å². The van der Waals surface area contributed by atoms with Gasteiger partial charge in [0.1, 0.15) is 0 Å². The first-order chi connectivity index (χ1) is 12.1. The Morgan fingerprint density at radius 3 is 2.64 bits per heavy atom. The number of rotatable bonds is 5. The quantitative estimate of drug-likeness (QED) is 0.828. The van der Waals surface area contributed by atoms with Crippen LogP contribution in [0.15, 0.2) is 46.9 Å². The molecule has 1 amide bonds. The van der Waals surface area contributed by atoms with Gasteiger partial charge in [-0.2, -0.15) is 0 Å². The zero-order valence-electron chi connectivity index (χ0n) is 14.3. The fourth-order valence-electron chi connectivity index (χ4n) is 3.05. The van der Waals surface area contributed by atoms with Gasteiger partial charge in [0.05, 0.1) is 19.9 Å². The average molecular weight is 405 g/mol. The molecule has 3 rings (SSSR count). The summed E-state index contributed by atoms with van der Waals surface area (Å²) in [4.78, 5) is 14.8. The Morgan fingerprint density at radius 2 is 1.92 bits per heavy atom. The standard InChI is InChI=1S/C19H21BrN2O3/c1-24-17-8-7-13(11-18(17)25-2)19(23)21-14-9-10-22(12-14)16-6-4-3-5-15(16)20/h3-8,11,14H,9-10,12H2,1-2H3,(H,21,23). The van der Waals surface area contributed by atoms with Crippen molar-refractivity contribution < 1.29 is 14.3 Å². The van der Waals surface area contributed by atoms with E-state index in [1.807, 2.05) is 18.2 Å². The molecule has 0 aromatic heterocycles. The zero-order valence-corrected chi connectivity index (χ0v) is 15.9. The monoisotopic (exact) mass is 404 g/mol. The van der Waals surface area contributed by atoms with Crippen molar-refractivity contribution in [1.82, 2.24) is 5.32 Å². The Morgan fingerprint density at radius 1 is 1.16 bits per heavy atom. The molecule has 5 nitrogen and oxygen atoms in total. The SMILES string of the molecule is COc1ccc(C(=O)NC2CCN(c3ccccc3Br)C2)cc1OC. The number of amides is 1. The Labute approximate surface area is 156 Å². The molecule has 0 spiro atoms. The van der Waals surface area contributed by atoms with Crippen LogP contribution in [0, 0.1) is 0 Å². The summed E-state index contributed by atoms with van der Waals surface area (Å²) in [6, 6.07) is 13.5. The number of ether oxygens (including phenoxy) is 2. The third-order valence-corrected chi connectivity index (χ3v) is 5.03. The zero-order chi connectivity index (χ0) is 17.8. The molecule has 0 saturated carbocycles. The largest absolute Gasteiger partial charge is 0.493 e. The van der Waals surface area contributed by atoms with Gasteiger partial charge in [-0.05, 0) is 52.7 Å². The summed E-state index contributed by atoms with van der Waals surface area (Å²) in [5.41, 5.74) is 1.72. The maximum atomic E-state index is 12.5. The number of hydrogen-bond acceptors (Lipinski definition) is 4. The van der Waals surface area contributed by atoms with Crippen LogP contribution in [0.1, 0.15) is 16.8 Å². The van der Waals surface area contributed by atoms with Crippen LogP contribution in [0.25, 0.3) is 0 Å². The molecule has 0 aliphatic carbocycles. The van der Waals surface area contributed by atoms with Crippen LogP contribution in [-0.2, 0) is 0 Å². The molecule has 0 radical (unpaired) electrons. The normalized spacial score (nSPS) is 16.6. The second-order valence-electron chi connectivity index (χ2n) is 5.93. The molecule has 1 saturated heterocycles. The van der Waals surface area contributed by atoms with E-state index in [4.69, 9.17) is 9.47 Å². The molecule has 25 heavy (non-hydrogen) atoms. The number of benzene rings is 2. The number of carbonyl (C=O) groups excluding carboxylic acids is 1. The van der Waals surface area contributed by atoms with E-state index in [-0.39, 0.29) is 11.9 Å². The number of nitrogens with one attached hydrogen (secondary N) is 1. The highest BCUT2D eigenvalue weighted by molar-refractivity contribution is 9.10. The average Bonchev–Trinajstić information content (AvgIpc) is 3.09. The van der Waals surface area contributed by atoms with Crippen molar-refractivity contribution in [3.63, 3.8) is 0 Å². The van der Waals surface area contributed by atoms with Gasteiger partial charge in [-0.15, -0.1) is 0 Å². The van der Waals surface area contributed by atoms with Crippen LogP contribution in [0.3, 0.4) is 0 Å². The molecule has 1 fully saturated rings. The minimum atomic E-state index is -0.0973. The molecule has 1 aliphatic heterocycles. The summed E-state index contributed by atoms with van der Waals surface area (Å²) in [7, 11) is 3.14. The van der Waals surface area contributed by atoms with E-state index in [2.05, 4.69) is 32.2 Å². The number of hydrogen-bond donors (Lipinski definition) is 1. The second-order valence-corrected chi connectivity index (χ2v) is 6.78. The van der Waals surface area contributed by atoms with Crippen molar-refractivity contribution in [1.29, 1.82) is 0 Å². The lowest BCUT2D eigenvalue weighted by atomic mass is 10.1. The molecule has 0 bridgehead atoms. The Balaban J connectivity index is 1.65. The predicted octanol–water partition coefficient (Wildman–Crippen LogP) is 3.48. The third-order valence-electron chi connectivity index (χ3n) is 4.36. The lowest BCUT2D eigenvalue weighted by Gasteiger charge is -2.20. The van der Waals surface area contributed by atoms with Gasteiger partial charge in [0.2, 0.25) is 0 Å². The third kappa shape index (κ3) is 3.90. The number of carbonyl (C=O) groups is 1. The molecule has 2 aromatic rings. The molecule has 2 aromatic carbocycles. The van der Waals surface area contributed by atoms with Gasteiger partial charge in [-0.1, -0.05) is 12.1 Å². The molecule has 1 atom stereocenters. The van der Waals surface area contributed by atoms with Crippen LogP contribution < -0.4 is 19.7 Å². The summed E-state index contributed by atoms with van der Waals surface area (Å²) >= 11 is 3.59. The van der Waals surface area contributed by atoms with Crippen molar-refractivity contribution in [2.75, 3.05) is 32.2 Å². The first-order valence-electron chi connectivity index (χ1n) is 8.14. The van der Waals surface area contributed by atoms with Crippen LogP contribution in [-0.4, -0.2) is 39.3 Å². The highest BCUT2D eigenvalue weighted by atomic mass is 79.9. The van der Waals surface area contributed by atoms with E-state index in [0.29, 0.717) is 17.1 Å². The van der Waals surface area contributed by atoms with E-state index >= 15 is 0 Å². The minimum absolute atomic E-state index is 0.0973. The molecule has 1 N–H and O–H groups in total. The number of halogens is 1. The van der Waals surface area contributed by atoms with Crippen molar-refractivity contribution in [2.45, 2.75) is 12.5 Å². The maximum Gasteiger partial charge on any atom is 0.251 e. The van der Waals surface area contributed by atoms with E-state index < -0.39 is 0 Å². The molecule has 6 heteroatoms. The molecule has 132 valence electrons. The lowest BCUT2D eigenvalue weighted by Crippen LogP contribution is -2.37. The van der Waals surface area contributed by atoms with Crippen molar-refractivity contribution in [3.8, 4) is 11.5 Å². The molecule has 1 unspecified atom stereocenters. The second kappa shape index (κ2) is 7.78. The lowest BCUT2D eigenvalue weighted by molar-refractivity contribution is 0.0940. The summed E-state index contributed by atoms with van der Waals surface area (Å²) in [6.45, 7) is 1.71. The van der Waals surface area contributed by atoms with Gasteiger partial charge < -0.3 is 19.7 Å². The molecular weight excluding hydrogens is 384 g/mol. The summed E-state index contributed by atoms with van der Waals surface area (Å²) in [5, 5.41) is 3.11. The van der Waals surface area contributed by atoms with Gasteiger partial charge in [0.15, 0.2) is 11.5 Å². The van der Waals surface area contributed by atoms with E-state index in [1.165, 1.54) is 0 Å². The smallest absolute Gasteiger partial charge is 0.251 e. The number of anilines is 1. The summed E-state index contributed by atoms with van der Waals surface area (Å²) < 4.78 is 11.5. The van der Waals surface area contributed by atoms with Gasteiger partial charge in [-0.25, -0.2) is 0 Å². The fourth-order valence-corrected chi connectivity index (χ4v) is 3.59. The Bertz CT molecular complexity index is 766. The highest BCUT2D eigenvalue weighted by Crippen LogP contribution is 2.29. The number of para-hydroxylation sites is 1. The van der Waals surface area contributed by atoms with Gasteiger partial charge >= 0.3 is 0 Å². The van der Waals surface area contributed by atoms with E-state index in [0.717, 1.165) is 29.7 Å². The Hall–Kier alpha value is -2.21. The summed E-state index contributed by atoms with van der Waals surface area (Å²) in [6.07, 6.45) is 0.917. The van der Waals surface area contributed by atoms with E-state index in [1.54, 1.807) is 32.4 Å². The van der Waals surface area contributed by atoms with Gasteiger partial charge in [0.25, 0.3) is 5.91 Å². The minimum Gasteiger partial charge on any atom is -0.493 e. The van der Waals surface area contributed by atoms with Crippen molar-refractivity contribution in [2.24, 2.45) is 0 Å². The van der Waals surface area contributed by atoms with Crippen LogP contribution >= 0.6 is 15.9 Å². The first kappa shape index (κ1) is 17.6. The first-order valence-corrected chi connectivity index (χ1v) is 8.94. The van der Waals surface area contributed by atoms with Crippen molar-refractivity contribution in [3.05, 3.63) is 52.5 Å². The maximum absolute atomic E-state index is 12.5. The van der Waals surface area contributed by atoms with E-state index in [9.17, 15) is 4.79 Å². The number of nitrogens with zero attached hydrogens (tertiary/aromatic N) is 1. The topological polar surface area (TPSA) is 50.8 Å². The van der Waals surface area contributed by atoms with Gasteiger partial charge in [0, 0.05) is 29.2 Å². The van der Waals surface area contributed by atoms with Crippen LogP contribution in [0.4, 0.5) is 5.69 Å². The molecule has 1 aliphatic rings. The number of methoxy groups -OCH3 is 2. The fraction of sp³-hybridized carbons (Fsp3) is 0.316. The summed E-state index contributed by atoms with van der Waals surface area (Å²) in [5.74, 6) is 1.07. The highest BCUT2D eigenvalue weighted by Gasteiger charge is 2.25. The van der Waals surface area contributed by atoms with Crippen molar-refractivity contribution >= 4 is 27.5 Å². The molecular formula is C19H21BrN2O3. The predicted molar refractivity (Wildman–Crippen MR) is 102 cm³/mol. The molecule has 1 heterocycles. The van der Waals surface area contributed by atoms with Crippen LogP contribution in [0.2, 0.25) is 0 Å².